The van der Waals surface area contributed by atoms with Crippen molar-refractivity contribution in [3.8, 4) is 17.2 Å². The Morgan fingerprint density at radius 2 is 1.92 bits per heavy atom. The number of ether oxygens (including phenoxy) is 1. The van der Waals surface area contributed by atoms with Crippen LogP contribution in [0.2, 0.25) is 10.0 Å². The van der Waals surface area contributed by atoms with Gasteiger partial charge in [-0.1, -0.05) is 29.3 Å². The standard InChI is InChI=1S/C24H19Cl2F3N4O3/c1-11(30)21-20(22(34)31-10-12-3-4-13(25)9-16(12)26)33-23(36-21)15-5-7-17(35-2)19-14(15)6-8-18(32-19)24(27,28)29/h3-9,11H,10,30H2,1-2H3,(H,31,34)/t11-/m0/s1. The number of pyridine rings is 1. The van der Waals surface area contributed by atoms with Crippen molar-refractivity contribution in [3.05, 3.63) is 75.2 Å². The van der Waals surface area contributed by atoms with E-state index in [2.05, 4.69) is 15.3 Å². The zero-order valence-corrected chi connectivity index (χ0v) is 20.4. The van der Waals surface area contributed by atoms with Crippen LogP contribution in [-0.2, 0) is 12.7 Å². The summed E-state index contributed by atoms with van der Waals surface area (Å²) in [5.41, 5.74) is 5.79. The van der Waals surface area contributed by atoms with E-state index in [0.29, 0.717) is 26.6 Å². The molecule has 0 unspecified atom stereocenters. The molecule has 0 saturated carbocycles. The fourth-order valence-electron chi connectivity index (χ4n) is 3.54. The van der Waals surface area contributed by atoms with Crippen LogP contribution in [0.4, 0.5) is 13.2 Å². The van der Waals surface area contributed by atoms with E-state index < -0.39 is 23.8 Å². The fraction of sp³-hybridized carbons (Fsp3) is 0.208. The highest BCUT2D eigenvalue weighted by Gasteiger charge is 2.33. The van der Waals surface area contributed by atoms with E-state index in [-0.39, 0.29) is 35.2 Å². The number of nitrogens with zero attached hydrogens (tertiary/aromatic N) is 2. The molecule has 1 atom stereocenters. The minimum absolute atomic E-state index is 0.00816. The van der Waals surface area contributed by atoms with E-state index in [4.69, 9.17) is 38.1 Å². The Morgan fingerprint density at radius 3 is 2.56 bits per heavy atom. The van der Waals surface area contributed by atoms with Crippen molar-refractivity contribution in [1.29, 1.82) is 0 Å². The van der Waals surface area contributed by atoms with E-state index in [1.54, 1.807) is 31.2 Å². The number of benzene rings is 2. The first-order valence-corrected chi connectivity index (χ1v) is 11.3. The van der Waals surface area contributed by atoms with Crippen LogP contribution in [0, 0.1) is 0 Å². The third-order valence-electron chi connectivity index (χ3n) is 5.30. The lowest BCUT2D eigenvalue weighted by Crippen LogP contribution is -2.25. The quantitative estimate of drug-likeness (QED) is 0.304. The molecule has 188 valence electrons. The second-order valence-corrected chi connectivity index (χ2v) is 8.69. The smallest absolute Gasteiger partial charge is 0.433 e. The molecule has 36 heavy (non-hydrogen) atoms. The van der Waals surface area contributed by atoms with Gasteiger partial charge >= 0.3 is 6.18 Å². The maximum Gasteiger partial charge on any atom is 0.433 e. The van der Waals surface area contributed by atoms with E-state index in [1.165, 1.54) is 19.2 Å². The van der Waals surface area contributed by atoms with Gasteiger partial charge in [-0.25, -0.2) is 9.97 Å². The van der Waals surface area contributed by atoms with Crippen LogP contribution >= 0.6 is 23.2 Å². The molecule has 3 N–H and O–H groups in total. The molecule has 0 aliphatic heterocycles. The first kappa shape index (κ1) is 25.7. The zero-order chi connectivity index (χ0) is 26.2. The number of hydrogen-bond acceptors (Lipinski definition) is 6. The SMILES string of the molecule is COc1ccc(-c2nc(C(=O)NCc3ccc(Cl)cc3Cl)c([C@H](C)N)o2)c2ccc(C(F)(F)F)nc12. The van der Waals surface area contributed by atoms with Gasteiger partial charge in [0.1, 0.15) is 17.0 Å². The number of nitrogens with one attached hydrogen (secondary N) is 1. The highest BCUT2D eigenvalue weighted by atomic mass is 35.5. The number of nitrogens with two attached hydrogens (primary N) is 1. The Bertz CT molecular complexity index is 1450. The van der Waals surface area contributed by atoms with Gasteiger partial charge in [-0.3, -0.25) is 4.79 Å². The number of fused-ring (bicyclic) bond motifs is 1. The van der Waals surface area contributed by atoms with E-state index in [0.717, 1.165) is 6.07 Å². The van der Waals surface area contributed by atoms with Gasteiger partial charge in [-0.2, -0.15) is 13.2 Å². The van der Waals surface area contributed by atoms with Gasteiger partial charge in [-0.05, 0) is 48.9 Å². The molecular formula is C24H19Cl2F3N4O3. The number of methoxy groups -OCH3 is 1. The summed E-state index contributed by atoms with van der Waals surface area (Å²) in [6.45, 7) is 1.70. The molecule has 7 nitrogen and oxygen atoms in total. The van der Waals surface area contributed by atoms with Crippen molar-refractivity contribution in [2.45, 2.75) is 25.7 Å². The molecule has 2 heterocycles. The predicted octanol–water partition coefficient (Wildman–Crippen LogP) is 6.17. The first-order valence-electron chi connectivity index (χ1n) is 10.5. The Hall–Kier alpha value is -3.34. The van der Waals surface area contributed by atoms with Crippen LogP contribution in [0.25, 0.3) is 22.4 Å². The lowest BCUT2D eigenvalue weighted by atomic mass is 10.1. The van der Waals surface area contributed by atoms with Crippen molar-refractivity contribution in [2.75, 3.05) is 7.11 Å². The number of halogens is 5. The summed E-state index contributed by atoms with van der Waals surface area (Å²) in [5, 5.41) is 3.84. The van der Waals surface area contributed by atoms with Crippen LogP contribution < -0.4 is 15.8 Å². The van der Waals surface area contributed by atoms with Gasteiger partial charge < -0.3 is 20.2 Å². The monoisotopic (exact) mass is 538 g/mol. The van der Waals surface area contributed by atoms with Crippen molar-refractivity contribution < 1.29 is 27.1 Å². The lowest BCUT2D eigenvalue weighted by Gasteiger charge is -2.11. The summed E-state index contributed by atoms with van der Waals surface area (Å²) in [5.74, 6) is -0.338. The Balaban J connectivity index is 1.73. The number of hydrogen-bond donors (Lipinski definition) is 2. The number of alkyl halides is 3. The summed E-state index contributed by atoms with van der Waals surface area (Å²) < 4.78 is 50.7. The summed E-state index contributed by atoms with van der Waals surface area (Å²) in [4.78, 5) is 21.0. The van der Waals surface area contributed by atoms with Gasteiger partial charge in [-0.15, -0.1) is 0 Å². The van der Waals surface area contributed by atoms with Crippen LogP contribution in [0.15, 0.2) is 46.9 Å². The molecule has 0 radical (unpaired) electrons. The third kappa shape index (κ3) is 5.11. The molecule has 0 fully saturated rings. The maximum atomic E-state index is 13.2. The number of amides is 1. The number of carbonyl (C=O) groups is 1. The summed E-state index contributed by atoms with van der Waals surface area (Å²) in [6, 6.07) is 9.28. The molecule has 0 saturated heterocycles. The van der Waals surface area contributed by atoms with Crippen molar-refractivity contribution in [1.82, 2.24) is 15.3 Å². The fourth-order valence-corrected chi connectivity index (χ4v) is 4.02. The topological polar surface area (TPSA) is 103 Å². The normalized spacial score (nSPS) is 12.6. The molecule has 0 spiro atoms. The molecule has 12 heteroatoms. The van der Waals surface area contributed by atoms with Crippen LogP contribution in [0.5, 0.6) is 5.75 Å². The number of rotatable bonds is 6. The molecule has 4 aromatic rings. The average Bonchev–Trinajstić information content (AvgIpc) is 3.27. The van der Waals surface area contributed by atoms with Crippen LogP contribution in [0.3, 0.4) is 0 Å². The molecule has 0 aliphatic rings. The highest BCUT2D eigenvalue weighted by Crippen LogP contribution is 2.37. The molecule has 4 rings (SSSR count). The first-order chi connectivity index (χ1) is 17.0. The predicted molar refractivity (Wildman–Crippen MR) is 129 cm³/mol. The van der Waals surface area contributed by atoms with E-state index in [9.17, 15) is 18.0 Å². The van der Waals surface area contributed by atoms with Gasteiger partial charge in [0.05, 0.1) is 13.2 Å². The number of carbonyl (C=O) groups excluding carboxylic acids is 1. The molecule has 2 aromatic carbocycles. The molecule has 0 bridgehead atoms. The van der Waals surface area contributed by atoms with Gasteiger partial charge in [0.25, 0.3) is 5.91 Å². The van der Waals surface area contributed by atoms with Gasteiger partial charge in [0.2, 0.25) is 5.89 Å². The second kappa shape index (κ2) is 9.96. The van der Waals surface area contributed by atoms with Gasteiger partial charge in [0.15, 0.2) is 11.5 Å². The highest BCUT2D eigenvalue weighted by molar-refractivity contribution is 6.35. The molecule has 0 aliphatic carbocycles. The maximum absolute atomic E-state index is 13.2. The summed E-state index contributed by atoms with van der Waals surface area (Å²) in [6.07, 6.45) is -4.64. The zero-order valence-electron chi connectivity index (χ0n) is 18.9. The summed E-state index contributed by atoms with van der Waals surface area (Å²) >= 11 is 12.1. The van der Waals surface area contributed by atoms with Gasteiger partial charge in [0, 0.05) is 27.5 Å². The molecule has 1 amide bonds. The van der Waals surface area contributed by atoms with Crippen molar-refractivity contribution >= 4 is 40.0 Å². The Kier molecular flexibility index (Phi) is 7.12. The minimum Gasteiger partial charge on any atom is -0.494 e. The van der Waals surface area contributed by atoms with E-state index in [1.807, 2.05) is 0 Å². The lowest BCUT2D eigenvalue weighted by molar-refractivity contribution is -0.140. The van der Waals surface area contributed by atoms with E-state index >= 15 is 0 Å². The largest absolute Gasteiger partial charge is 0.494 e. The van der Waals surface area contributed by atoms with Crippen LogP contribution in [-0.4, -0.2) is 23.0 Å². The molecular weight excluding hydrogens is 520 g/mol. The summed E-state index contributed by atoms with van der Waals surface area (Å²) in [7, 11) is 1.32. The number of oxazole rings is 1. The van der Waals surface area contributed by atoms with Crippen molar-refractivity contribution in [2.24, 2.45) is 5.73 Å². The third-order valence-corrected chi connectivity index (χ3v) is 5.88. The van der Waals surface area contributed by atoms with Crippen LogP contribution in [0.1, 0.15) is 40.5 Å². The minimum atomic E-state index is -4.64. The van der Waals surface area contributed by atoms with Crippen molar-refractivity contribution in [3.63, 3.8) is 0 Å². The Labute approximate surface area is 213 Å². The number of aromatic nitrogens is 2. The Morgan fingerprint density at radius 1 is 1.17 bits per heavy atom. The molecule has 2 aromatic heterocycles. The second-order valence-electron chi connectivity index (χ2n) is 7.84. The average molecular weight is 539 g/mol.